The molecule has 7 heteroatoms. The van der Waals surface area contributed by atoms with E-state index in [9.17, 15) is 14.9 Å². The fourth-order valence-electron chi connectivity index (χ4n) is 1.91. The van der Waals surface area contributed by atoms with Crippen LogP contribution in [0.15, 0.2) is 18.3 Å². The van der Waals surface area contributed by atoms with Crippen molar-refractivity contribution < 1.29 is 14.5 Å². The first-order valence-corrected chi connectivity index (χ1v) is 6.34. The summed E-state index contributed by atoms with van der Waals surface area (Å²) in [6.45, 7) is 6.57. The van der Waals surface area contributed by atoms with Gasteiger partial charge in [-0.15, -0.1) is 0 Å². The SMILES string of the molecule is CC(C)(C)OC(=O)N1CC(c2ccc([N+](=O)[O-])nc2)C1. The van der Waals surface area contributed by atoms with E-state index in [0.717, 1.165) is 5.56 Å². The average molecular weight is 279 g/mol. The first-order valence-electron chi connectivity index (χ1n) is 6.34. The van der Waals surface area contributed by atoms with Crippen molar-refractivity contribution >= 4 is 11.9 Å². The van der Waals surface area contributed by atoms with Gasteiger partial charge in [0.25, 0.3) is 0 Å². The van der Waals surface area contributed by atoms with Crippen LogP contribution in [-0.4, -0.2) is 39.6 Å². The monoisotopic (exact) mass is 279 g/mol. The minimum Gasteiger partial charge on any atom is -0.444 e. The smallest absolute Gasteiger partial charge is 0.410 e. The van der Waals surface area contributed by atoms with Crippen LogP contribution in [0.2, 0.25) is 0 Å². The summed E-state index contributed by atoms with van der Waals surface area (Å²) in [6.07, 6.45) is 1.17. The van der Waals surface area contributed by atoms with Gasteiger partial charge in [-0.1, -0.05) is 0 Å². The number of nitrogens with zero attached hydrogens (tertiary/aromatic N) is 3. The molecule has 1 aliphatic heterocycles. The fraction of sp³-hybridized carbons (Fsp3) is 0.538. The van der Waals surface area contributed by atoms with Crippen LogP contribution in [0.5, 0.6) is 0 Å². The van der Waals surface area contributed by atoms with Gasteiger partial charge in [0.05, 0.1) is 0 Å². The van der Waals surface area contributed by atoms with Gasteiger partial charge in [0.2, 0.25) is 0 Å². The molecule has 1 aromatic rings. The third-order valence-corrected chi connectivity index (χ3v) is 2.96. The van der Waals surface area contributed by atoms with E-state index in [2.05, 4.69) is 4.98 Å². The molecule has 20 heavy (non-hydrogen) atoms. The Morgan fingerprint density at radius 3 is 2.55 bits per heavy atom. The van der Waals surface area contributed by atoms with Gasteiger partial charge in [-0.25, -0.2) is 4.79 Å². The van der Waals surface area contributed by atoms with Crippen LogP contribution < -0.4 is 0 Å². The molecule has 7 nitrogen and oxygen atoms in total. The fourth-order valence-corrected chi connectivity index (χ4v) is 1.91. The Hall–Kier alpha value is -2.18. The molecule has 0 aliphatic carbocycles. The van der Waals surface area contributed by atoms with Crippen LogP contribution >= 0.6 is 0 Å². The van der Waals surface area contributed by atoms with E-state index in [1.54, 1.807) is 11.0 Å². The molecule has 0 radical (unpaired) electrons. The summed E-state index contributed by atoms with van der Waals surface area (Å²) in [5, 5.41) is 10.5. The van der Waals surface area contributed by atoms with Gasteiger partial charge in [0, 0.05) is 30.6 Å². The van der Waals surface area contributed by atoms with Crippen LogP contribution in [0.1, 0.15) is 32.3 Å². The zero-order valence-electron chi connectivity index (χ0n) is 11.7. The van der Waals surface area contributed by atoms with Crippen molar-refractivity contribution in [1.82, 2.24) is 9.88 Å². The van der Waals surface area contributed by atoms with Crippen molar-refractivity contribution in [2.24, 2.45) is 0 Å². The molecule has 2 rings (SSSR count). The number of nitro groups is 1. The molecule has 0 aromatic carbocycles. The van der Waals surface area contributed by atoms with E-state index in [4.69, 9.17) is 4.74 Å². The van der Waals surface area contributed by atoms with Crippen molar-refractivity contribution in [3.8, 4) is 0 Å². The molecular formula is C13H17N3O4. The van der Waals surface area contributed by atoms with E-state index < -0.39 is 10.5 Å². The Morgan fingerprint density at radius 2 is 2.10 bits per heavy atom. The van der Waals surface area contributed by atoms with Crippen LogP contribution in [0.4, 0.5) is 10.6 Å². The summed E-state index contributed by atoms with van der Waals surface area (Å²) in [4.78, 5) is 27.1. The summed E-state index contributed by atoms with van der Waals surface area (Å²) >= 11 is 0. The van der Waals surface area contributed by atoms with E-state index in [1.807, 2.05) is 20.8 Å². The maximum absolute atomic E-state index is 11.8. The van der Waals surface area contributed by atoms with Crippen LogP contribution in [0.3, 0.4) is 0 Å². The Balaban J connectivity index is 1.90. The lowest BCUT2D eigenvalue weighted by Gasteiger charge is -2.39. The molecule has 1 aromatic heterocycles. The molecule has 1 amide bonds. The van der Waals surface area contributed by atoms with Gasteiger partial charge in [-0.05, 0) is 36.7 Å². The molecule has 1 aliphatic rings. The van der Waals surface area contributed by atoms with Crippen LogP contribution in [0, 0.1) is 10.1 Å². The molecule has 0 saturated carbocycles. The average Bonchev–Trinajstić information content (AvgIpc) is 2.25. The summed E-state index contributed by atoms with van der Waals surface area (Å²) in [5.74, 6) is -0.00658. The van der Waals surface area contributed by atoms with Crippen molar-refractivity contribution in [2.75, 3.05) is 13.1 Å². The topological polar surface area (TPSA) is 85.6 Å². The number of likely N-dealkylation sites (tertiary alicyclic amines) is 1. The van der Waals surface area contributed by atoms with E-state index in [1.165, 1.54) is 12.3 Å². The van der Waals surface area contributed by atoms with Gasteiger partial charge in [0.1, 0.15) is 11.8 Å². The van der Waals surface area contributed by atoms with Gasteiger partial charge in [0.15, 0.2) is 0 Å². The lowest BCUT2D eigenvalue weighted by molar-refractivity contribution is -0.389. The summed E-state index contributed by atoms with van der Waals surface area (Å²) in [5.41, 5.74) is 0.396. The van der Waals surface area contributed by atoms with Crippen molar-refractivity contribution in [1.29, 1.82) is 0 Å². The number of rotatable bonds is 2. The largest absolute Gasteiger partial charge is 0.444 e. The lowest BCUT2D eigenvalue weighted by atomic mass is 9.93. The lowest BCUT2D eigenvalue weighted by Crippen LogP contribution is -2.50. The first-order chi connectivity index (χ1) is 9.26. The van der Waals surface area contributed by atoms with E-state index >= 15 is 0 Å². The minimum absolute atomic E-state index is 0.163. The Labute approximate surface area is 116 Å². The number of hydrogen-bond donors (Lipinski definition) is 0. The van der Waals surface area contributed by atoms with E-state index in [-0.39, 0.29) is 17.8 Å². The number of aromatic nitrogens is 1. The van der Waals surface area contributed by atoms with E-state index in [0.29, 0.717) is 13.1 Å². The quantitative estimate of drug-likeness (QED) is 0.612. The number of hydrogen-bond acceptors (Lipinski definition) is 5. The highest BCUT2D eigenvalue weighted by Crippen LogP contribution is 2.28. The molecular weight excluding hydrogens is 262 g/mol. The molecule has 0 atom stereocenters. The third kappa shape index (κ3) is 3.23. The maximum atomic E-state index is 11.8. The van der Waals surface area contributed by atoms with Gasteiger partial charge in [-0.2, -0.15) is 0 Å². The molecule has 1 fully saturated rings. The number of carbonyl (C=O) groups excluding carboxylic acids is 1. The van der Waals surface area contributed by atoms with Crippen molar-refractivity contribution in [2.45, 2.75) is 32.3 Å². The van der Waals surface area contributed by atoms with Crippen molar-refractivity contribution in [3.05, 3.63) is 34.0 Å². The minimum atomic E-state index is -0.530. The molecule has 0 bridgehead atoms. The zero-order chi connectivity index (χ0) is 14.9. The highest BCUT2D eigenvalue weighted by Gasteiger charge is 2.35. The molecule has 0 unspecified atom stereocenters. The predicted octanol–water partition coefficient (Wildman–Crippen LogP) is 2.32. The molecule has 0 N–H and O–H groups in total. The predicted molar refractivity (Wildman–Crippen MR) is 71.4 cm³/mol. The highest BCUT2D eigenvalue weighted by atomic mass is 16.6. The van der Waals surface area contributed by atoms with Crippen LogP contribution in [-0.2, 0) is 4.74 Å². The second kappa shape index (κ2) is 5.07. The Bertz CT molecular complexity index is 515. The normalized spacial score (nSPS) is 15.7. The Kier molecular flexibility index (Phi) is 3.61. The highest BCUT2D eigenvalue weighted by molar-refractivity contribution is 5.69. The number of amides is 1. The standard InChI is InChI=1S/C13H17N3O4/c1-13(2,3)20-12(17)15-7-10(8-15)9-4-5-11(14-6-9)16(18)19/h4-6,10H,7-8H2,1-3H3. The van der Waals surface area contributed by atoms with Gasteiger partial charge in [-0.3, -0.25) is 0 Å². The Morgan fingerprint density at radius 1 is 1.45 bits per heavy atom. The second-order valence-corrected chi connectivity index (χ2v) is 5.79. The number of ether oxygens (including phenoxy) is 1. The summed E-state index contributed by atoms with van der Waals surface area (Å²) in [6, 6.07) is 3.06. The second-order valence-electron chi connectivity index (χ2n) is 5.79. The number of carbonyl (C=O) groups is 1. The molecule has 2 heterocycles. The van der Waals surface area contributed by atoms with Gasteiger partial charge < -0.3 is 19.8 Å². The summed E-state index contributed by atoms with van der Waals surface area (Å²) in [7, 11) is 0. The van der Waals surface area contributed by atoms with Crippen molar-refractivity contribution in [3.63, 3.8) is 0 Å². The third-order valence-electron chi connectivity index (χ3n) is 2.96. The molecule has 108 valence electrons. The maximum Gasteiger partial charge on any atom is 0.410 e. The zero-order valence-corrected chi connectivity index (χ0v) is 11.7. The summed E-state index contributed by atoms with van der Waals surface area (Å²) < 4.78 is 5.26. The molecule has 0 spiro atoms. The molecule has 1 saturated heterocycles. The number of pyridine rings is 1. The van der Waals surface area contributed by atoms with Crippen LogP contribution in [0.25, 0.3) is 0 Å². The first kappa shape index (κ1) is 14.2. The van der Waals surface area contributed by atoms with Gasteiger partial charge >= 0.3 is 11.9 Å².